The molecule has 1 amide bonds. The average molecular weight is 507 g/mol. The number of halogens is 1. The third-order valence-corrected chi connectivity index (χ3v) is 7.37. The lowest BCUT2D eigenvalue weighted by molar-refractivity contribution is -0.384. The van der Waals surface area contributed by atoms with Crippen molar-refractivity contribution in [3.63, 3.8) is 0 Å². The Morgan fingerprint density at radius 2 is 1.70 bits per heavy atom. The first-order valence-corrected chi connectivity index (χ1v) is 12.7. The van der Waals surface area contributed by atoms with Crippen LogP contribution in [-0.4, -0.2) is 64.8 Å². The molecule has 10 heteroatoms. The van der Waals surface area contributed by atoms with Gasteiger partial charge in [0.05, 0.1) is 4.92 Å². The summed E-state index contributed by atoms with van der Waals surface area (Å²) in [7, 11) is 1.93. The lowest BCUT2D eigenvalue weighted by Crippen LogP contribution is -2.49. The molecule has 3 aromatic rings. The van der Waals surface area contributed by atoms with Gasteiger partial charge in [-0.1, -0.05) is 0 Å². The highest BCUT2D eigenvalue weighted by atomic mass is 19.1. The van der Waals surface area contributed by atoms with E-state index in [2.05, 4.69) is 9.80 Å². The maximum absolute atomic E-state index is 13.7. The highest BCUT2D eigenvalue weighted by Crippen LogP contribution is 2.31. The van der Waals surface area contributed by atoms with Crippen LogP contribution in [0.2, 0.25) is 0 Å². The van der Waals surface area contributed by atoms with Crippen molar-refractivity contribution >= 4 is 23.1 Å². The number of carbonyl (C=O) groups excluding carboxylic acids is 1. The van der Waals surface area contributed by atoms with Crippen molar-refractivity contribution in [3.05, 3.63) is 81.3 Å². The molecule has 0 saturated carbocycles. The minimum atomic E-state index is -0.466. The average Bonchev–Trinajstić information content (AvgIpc) is 3.26. The van der Waals surface area contributed by atoms with Gasteiger partial charge in [0.25, 0.3) is 11.6 Å². The molecule has 2 aromatic carbocycles. The van der Waals surface area contributed by atoms with Crippen molar-refractivity contribution in [1.82, 2.24) is 14.7 Å². The third kappa shape index (κ3) is 5.34. The zero-order valence-corrected chi connectivity index (χ0v) is 21.0. The summed E-state index contributed by atoms with van der Waals surface area (Å²) in [5, 5.41) is 15.8. The zero-order valence-electron chi connectivity index (χ0n) is 21.0. The van der Waals surface area contributed by atoms with Gasteiger partial charge in [0, 0.05) is 81.0 Å². The van der Waals surface area contributed by atoms with Gasteiger partial charge >= 0.3 is 0 Å². The molecule has 0 atom stereocenters. The maximum atomic E-state index is 13.7. The van der Waals surface area contributed by atoms with Crippen LogP contribution >= 0.6 is 0 Å². The zero-order chi connectivity index (χ0) is 25.9. The Labute approximate surface area is 215 Å². The summed E-state index contributed by atoms with van der Waals surface area (Å²) in [6.07, 6.45) is 4.01. The van der Waals surface area contributed by atoms with E-state index in [1.54, 1.807) is 17.0 Å². The molecule has 1 saturated heterocycles. The van der Waals surface area contributed by atoms with Gasteiger partial charge in [-0.15, -0.1) is 0 Å². The third-order valence-electron chi connectivity index (χ3n) is 7.37. The molecule has 1 aliphatic carbocycles. The molecule has 37 heavy (non-hydrogen) atoms. The fraction of sp³-hybridized carbons (Fsp3) is 0.407. The normalized spacial score (nSPS) is 15.9. The first-order valence-electron chi connectivity index (χ1n) is 12.7. The van der Waals surface area contributed by atoms with Crippen LogP contribution < -0.4 is 9.80 Å². The van der Waals surface area contributed by atoms with Crippen molar-refractivity contribution in [2.75, 3.05) is 49.1 Å². The first kappa shape index (κ1) is 24.9. The number of carbonyl (C=O) groups is 1. The number of nitro benzene ring substituents is 1. The second-order valence-electron chi connectivity index (χ2n) is 9.65. The number of piperazine rings is 1. The number of hydrogen-bond acceptors (Lipinski definition) is 6. The Balaban J connectivity index is 1.32. The van der Waals surface area contributed by atoms with Crippen molar-refractivity contribution in [2.24, 2.45) is 7.05 Å². The lowest BCUT2D eigenvalue weighted by atomic mass is 9.97. The number of non-ortho nitro benzene ring substituents is 1. The number of rotatable bonds is 7. The smallest absolute Gasteiger partial charge is 0.269 e. The number of aryl methyl sites for hydroxylation is 1. The molecule has 1 aliphatic heterocycles. The summed E-state index contributed by atoms with van der Waals surface area (Å²) in [5.74, 6) is 0.258. The van der Waals surface area contributed by atoms with E-state index in [9.17, 15) is 19.3 Å². The van der Waals surface area contributed by atoms with Crippen LogP contribution in [0.5, 0.6) is 0 Å². The summed E-state index contributed by atoms with van der Waals surface area (Å²) in [4.78, 5) is 30.6. The lowest BCUT2D eigenvalue weighted by Gasteiger charge is -2.37. The Morgan fingerprint density at radius 3 is 2.38 bits per heavy atom. The van der Waals surface area contributed by atoms with Gasteiger partial charge in [-0.3, -0.25) is 29.4 Å². The molecule has 5 rings (SSSR count). The minimum Gasteiger partial charge on any atom is -0.369 e. The monoisotopic (exact) mass is 506 g/mol. The number of hydrogen-bond donors (Lipinski definition) is 0. The largest absolute Gasteiger partial charge is 0.369 e. The molecule has 9 nitrogen and oxygen atoms in total. The quantitative estimate of drug-likeness (QED) is 0.358. The standard InChI is InChI=1S/C27H31FN6O3/c1-30-25-5-3-2-4-24(25)26(29-30)33(27(35)20-6-10-23(11-7-20)34(36)37)19-16-31-14-17-32(18-15-31)22-12-8-21(28)9-13-22/h6-13H,2-5,14-19H2,1H3. The number of nitrogens with zero attached hydrogens (tertiary/aromatic N) is 6. The minimum absolute atomic E-state index is 0.0441. The van der Waals surface area contributed by atoms with E-state index >= 15 is 0 Å². The van der Waals surface area contributed by atoms with Crippen molar-refractivity contribution < 1.29 is 14.1 Å². The summed E-state index contributed by atoms with van der Waals surface area (Å²) >= 11 is 0. The number of benzene rings is 2. The molecule has 0 spiro atoms. The second-order valence-corrected chi connectivity index (χ2v) is 9.65. The van der Waals surface area contributed by atoms with E-state index in [0.29, 0.717) is 24.5 Å². The summed E-state index contributed by atoms with van der Waals surface area (Å²) in [6, 6.07) is 12.4. The van der Waals surface area contributed by atoms with Gasteiger partial charge in [-0.2, -0.15) is 5.10 Å². The Kier molecular flexibility index (Phi) is 7.18. The van der Waals surface area contributed by atoms with E-state index < -0.39 is 4.92 Å². The van der Waals surface area contributed by atoms with Crippen LogP contribution in [-0.2, 0) is 19.9 Å². The number of amides is 1. The molecule has 0 bridgehead atoms. The number of aromatic nitrogens is 2. The van der Waals surface area contributed by atoms with Crippen LogP contribution in [0.4, 0.5) is 21.6 Å². The maximum Gasteiger partial charge on any atom is 0.269 e. The van der Waals surface area contributed by atoms with E-state index in [4.69, 9.17) is 5.10 Å². The number of fused-ring (bicyclic) bond motifs is 1. The van der Waals surface area contributed by atoms with Gasteiger partial charge in [-0.05, 0) is 62.1 Å². The van der Waals surface area contributed by atoms with Gasteiger partial charge in [-0.25, -0.2) is 4.39 Å². The Bertz CT molecular complexity index is 1270. The van der Waals surface area contributed by atoms with Crippen LogP contribution in [0.25, 0.3) is 0 Å². The summed E-state index contributed by atoms with van der Waals surface area (Å²) < 4.78 is 15.2. The predicted octanol–water partition coefficient (Wildman–Crippen LogP) is 3.82. The van der Waals surface area contributed by atoms with Crippen LogP contribution in [0.3, 0.4) is 0 Å². The Hall–Kier alpha value is -3.79. The SMILES string of the molecule is Cn1nc(N(CCN2CCN(c3ccc(F)cc3)CC2)C(=O)c2ccc([N+](=O)[O-])cc2)c2c1CCCC2. The van der Waals surface area contributed by atoms with Gasteiger partial charge < -0.3 is 4.90 Å². The highest BCUT2D eigenvalue weighted by molar-refractivity contribution is 6.06. The van der Waals surface area contributed by atoms with Crippen LogP contribution in [0.15, 0.2) is 48.5 Å². The molecule has 2 aliphatic rings. The van der Waals surface area contributed by atoms with Crippen molar-refractivity contribution in [2.45, 2.75) is 25.7 Å². The van der Waals surface area contributed by atoms with E-state index in [0.717, 1.165) is 63.1 Å². The number of nitro groups is 1. The number of anilines is 2. The van der Waals surface area contributed by atoms with Crippen molar-refractivity contribution in [3.8, 4) is 0 Å². The molecule has 1 fully saturated rings. The molecular weight excluding hydrogens is 475 g/mol. The van der Waals surface area contributed by atoms with E-state index in [1.165, 1.54) is 42.1 Å². The fourth-order valence-electron chi connectivity index (χ4n) is 5.28. The summed E-state index contributed by atoms with van der Waals surface area (Å²) in [5.41, 5.74) is 3.68. The van der Waals surface area contributed by atoms with E-state index in [-0.39, 0.29) is 17.4 Å². The van der Waals surface area contributed by atoms with Gasteiger partial charge in [0.1, 0.15) is 5.82 Å². The fourth-order valence-corrected chi connectivity index (χ4v) is 5.28. The molecule has 2 heterocycles. The van der Waals surface area contributed by atoms with Crippen LogP contribution in [0, 0.1) is 15.9 Å². The Morgan fingerprint density at radius 1 is 1.03 bits per heavy atom. The molecule has 1 aromatic heterocycles. The van der Waals surface area contributed by atoms with E-state index in [1.807, 2.05) is 11.7 Å². The molecular formula is C27H31FN6O3. The molecule has 0 N–H and O–H groups in total. The van der Waals surface area contributed by atoms with Crippen LogP contribution in [0.1, 0.15) is 34.5 Å². The first-order chi connectivity index (χ1) is 17.9. The predicted molar refractivity (Wildman–Crippen MR) is 140 cm³/mol. The second kappa shape index (κ2) is 10.7. The topological polar surface area (TPSA) is 87.8 Å². The van der Waals surface area contributed by atoms with Crippen molar-refractivity contribution in [1.29, 1.82) is 0 Å². The highest BCUT2D eigenvalue weighted by Gasteiger charge is 2.29. The summed E-state index contributed by atoms with van der Waals surface area (Å²) in [6.45, 7) is 4.45. The molecule has 0 unspecified atom stereocenters. The van der Waals surface area contributed by atoms with Gasteiger partial charge in [0.15, 0.2) is 5.82 Å². The molecule has 0 radical (unpaired) electrons. The van der Waals surface area contributed by atoms with Gasteiger partial charge in [0.2, 0.25) is 0 Å². The molecule has 194 valence electrons.